The first-order valence-electron chi connectivity index (χ1n) is 6.42. The fraction of sp³-hybridized carbons (Fsp3) is 0.429. The molecule has 1 aliphatic heterocycles. The van der Waals surface area contributed by atoms with Gasteiger partial charge in [0.05, 0.1) is 11.5 Å². The summed E-state index contributed by atoms with van der Waals surface area (Å²) >= 11 is 3.36. The van der Waals surface area contributed by atoms with Gasteiger partial charge in [0, 0.05) is 17.6 Å². The molecule has 0 aliphatic carbocycles. The number of benzene rings is 1. The first-order valence-corrected chi connectivity index (χ1v) is 8.65. The summed E-state index contributed by atoms with van der Waals surface area (Å²) in [7, 11) is -3.52. The molecule has 0 unspecified atom stereocenters. The predicted molar refractivity (Wildman–Crippen MR) is 81.9 cm³/mol. The van der Waals surface area contributed by atoms with Crippen molar-refractivity contribution < 1.29 is 13.5 Å². The van der Waals surface area contributed by atoms with Gasteiger partial charge >= 0.3 is 0 Å². The quantitative estimate of drug-likeness (QED) is 0.843. The third-order valence-corrected chi connectivity index (χ3v) is 6.37. The molecule has 1 heterocycles. The van der Waals surface area contributed by atoms with E-state index in [1.165, 1.54) is 9.88 Å². The topological polar surface area (TPSA) is 57.6 Å². The van der Waals surface area contributed by atoms with Gasteiger partial charge in [-0.3, -0.25) is 0 Å². The SMILES string of the molecule is CC1=CCN(S(=O)(=O)c2cc(CO)cc(Br)c2C)CC1. The molecule has 20 heavy (non-hydrogen) atoms. The molecule has 1 aliphatic rings. The Morgan fingerprint density at radius 2 is 2.05 bits per heavy atom. The van der Waals surface area contributed by atoms with Crippen molar-refractivity contribution in [2.75, 3.05) is 13.1 Å². The number of rotatable bonds is 3. The van der Waals surface area contributed by atoms with Crippen LogP contribution in [0, 0.1) is 6.92 Å². The second kappa shape index (κ2) is 5.97. The Hall–Kier alpha value is -0.690. The number of hydrogen-bond acceptors (Lipinski definition) is 3. The van der Waals surface area contributed by atoms with E-state index in [1.54, 1.807) is 19.1 Å². The van der Waals surface area contributed by atoms with Crippen LogP contribution < -0.4 is 0 Å². The summed E-state index contributed by atoms with van der Waals surface area (Å²) in [6.45, 7) is 4.52. The second-order valence-corrected chi connectivity index (χ2v) is 7.78. The summed E-state index contributed by atoms with van der Waals surface area (Å²) in [5, 5.41) is 9.25. The summed E-state index contributed by atoms with van der Waals surface area (Å²) in [4.78, 5) is 0.267. The van der Waals surface area contributed by atoms with Crippen LogP contribution in [0.25, 0.3) is 0 Å². The van der Waals surface area contributed by atoms with Crippen LogP contribution in [0.3, 0.4) is 0 Å². The number of aliphatic hydroxyl groups is 1. The molecule has 0 saturated heterocycles. The maximum absolute atomic E-state index is 12.7. The van der Waals surface area contributed by atoms with Gasteiger partial charge in [-0.15, -0.1) is 0 Å². The normalized spacial score (nSPS) is 17.1. The lowest BCUT2D eigenvalue weighted by molar-refractivity contribution is 0.281. The minimum atomic E-state index is -3.52. The van der Waals surface area contributed by atoms with Crippen molar-refractivity contribution in [2.24, 2.45) is 0 Å². The van der Waals surface area contributed by atoms with E-state index in [4.69, 9.17) is 0 Å². The van der Waals surface area contributed by atoms with Gasteiger partial charge in [0.2, 0.25) is 10.0 Å². The van der Waals surface area contributed by atoms with Crippen molar-refractivity contribution in [3.05, 3.63) is 39.4 Å². The van der Waals surface area contributed by atoms with Crippen molar-refractivity contribution >= 4 is 26.0 Å². The Bertz CT molecular complexity index is 653. The molecule has 0 amide bonds. The van der Waals surface area contributed by atoms with Gasteiger partial charge in [-0.05, 0) is 43.5 Å². The molecule has 4 nitrogen and oxygen atoms in total. The van der Waals surface area contributed by atoms with Crippen LogP contribution in [-0.4, -0.2) is 30.9 Å². The largest absolute Gasteiger partial charge is 0.392 e. The van der Waals surface area contributed by atoms with Crippen molar-refractivity contribution in [1.29, 1.82) is 0 Å². The third kappa shape index (κ3) is 2.98. The highest BCUT2D eigenvalue weighted by Crippen LogP contribution is 2.29. The fourth-order valence-electron chi connectivity index (χ4n) is 2.18. The lowest BCUT2D eigenvalue weighted by Gasteiger charge is -2.26. The van der Waals surface area contributed by atoms with E-state index in [9.17, 15) is 13.5 Å². The molecule has 6 heteroatoms. The van der Waals surface area contributed by atoms with Crippen LogP contribution in [0.4, 0.5) is 0 Å². The molecule has 0 bridgehead atoms. The Kier molecular flexibility index (Phi) is 4.69. The van der Waals surface area contributed by atoms with Gasteiger partial charge in [-0.2, -0.15) is 4.31 Å². The van der Waals surface area contributed by atoms with E-state index in [1.807, 2.05) is 13.0 Å². The van der Waals surface area contributed by atoms with Gasteiger partial charge in [-0.25, -0.2) is 8.42 Å². The first-order chi connectivity index (χ1) is 9.36. The summed E-state index contributed by atoms with van der Waals surface area (Å²) in [6.07, 6.45) is 2.71. The zero-order chi connectivity index (χ0) is 14.9. The van der Waals surface area contributed by atoms with Crippen molar-refractivity contribution in [2.45, 2.75) is 31.8 Å². The molecular formula is C14H18BrNO3S. The Balaban J connectivity index is 2.47. The monoisotopic (exact) mass is 359 g/mol. The minimum Gasteiger partial charge on any atom is -0.392 e. The molecule has 110 valence electrons. The maximum Gasteiger partial charge on any atom is 0.243 e. The molecule has 0 saturated carbocycles. The van der Waals surface area contributed by atoms with Crippen molar-refractivity contribution in [3.8, 4) is 0 Å². The van der Waals surface area contributed by atoms with Crippen LogP contribution in [0.2, 0.25) is 0 Å². The summed E-state index contributed by atoms with van der Waals surface area (Å²) in [5.74, 6) is 0. The smallest absolute Gasteiger partial charge is 0.243 e. The lowest BCUT2D eigenvalue weighted by Crippen LogP contribution is -2.35. The molecule has 1 aromatic carbocycles. The fourth-order valence-corrected chi connectivity index (χ4v) is 4.49. The molecule has 1 N–H and O–H groups in total. The van der Waals surface area contributed by atoms with E-state index in [0.29, 0.717) is 28.7 Å². The van der Waals surface area contributed by atoms with Crippen LogP contribution in [0.5, 0.6) is 0 Å². The highest BCUT2D eigenvalue weighted by atomic mass is 79.9. The number of aliphatic hydroxyl groups excluding tert-OH is 1. The van der Waals surface area contributed by atoms with Crippen LogP contribution >= 0.6 is 15.9 Å². The zero-order valence-corrected chi connectivity index (χ0v) is 14.0. The molecule has 2 rings (SSSR count). The van der Waals surface area contributed by atoms with E-state index in [0.717, 1.165) is 6.42 Å². The second-order valence-electron chi connectivity index (χ2n) is 5.02. The van der Waals surface area contributed by atoms with E-state index >= 15 is 0 Å². The number of hydrogen-bond donors (Lipinski definition) is 1. The molecule has 0 atom stereocenters. The summed E-state index contributed by atoms with van der Waals surface area (Å²) < 4.78 is 27.6. The molecule has 0 radical (unpaired) electrons. The minimum absolute atomic E-state index is 0.180. The summed E-state index contributed by atoms with van der Waals surface area (Å²) in [5.41, 5.74) is 2.48. The molecule has 0 fully saturated rings. The summed E-state index contributed by atoms with van der Waals surface area (Å²) in [6, 6.07) is 3.30. The zero-order valence-electron chi connectivity index (χ0n) is 11.6. The predicted octanol–water partition coefficient (Wildman–Crippen LogP) is 2.59. The lowest BCUT2D eigenvalue weighted by atomic mass is 10.1. The molecular weight excluding hydrogens is 342 g/mol. The van der Waals surface area contributed by atoms with Gasteiger partial charge in [0.25, 0.3) is 0 Å². The van der Waals surface area contributed by atoms with E-state index in [2.05, 4.69) is 15.9 Å². The van der Waals surface area contributed by atoms with E-state index < -0.39 is 10.0 Å². The van der Waals surface area contributed by atoms with Crippen molar-refractivity contribution in [1.82, 2.24) is 4.31 Å². The highest BCUT2D eigenvalue weighted by molar-refractivity contribution is 9.10. The number of nitrogens with zero attached hydrogens (tertiary/aromatic N) is 1. The Labute approximate surface area is 128 Å². The Morgan fingerprint density at radius 1 is 1.35 bits per heavy atom. The number of sulfonamides is 1. The highest BCUT2D eigenvalue weighted by Gasteiger charge is 2.27. The van der Waals surface area contributed by atoms with Gasteiger partial charge in [0.15, 0.2) is 0 Å². The first kappa shape index (κ1) is 15.7. The van der Waals surface area contributed by atoms with Gasteiger partial charge in [-0.1, -0.05) is 27.6 Å². The number of halogens is 1. The van der Waals surface area contributed by atoms with E-state index in [-0.39, 0.29) is 11.5 Å². The van der Waals surface area contributed by atoms with Gasteiger partial charge in [0.1, 0.15) is 0 Å². The maximum atomic E-state index is 12.7. The van der Waals surface area contributed by atoms with Crippen molar-refractivity contribution in [3.63, 3.8) is 0 Å². The molecule has 1 aromatic rings. The van der Waals surface area contributed by atoms with Crippen LogP contribution in [0.1, 0.15) is 24.5 Å². The Morgan fingerprint density at radius 3 is 2.60 bits per heavy atom. The standard InChI is InChI=1S/C14H18BrNO3S/c1-10-3-5-16(6-4-10)20(18,19)14-8-12(9-17)7-13(15)11(14)2/h3,7-8,17H,4-6,9H2,1-2H3. The molecule has 0 spiro atoms. The average molecular weight is 360 g/mol. The van der Waals surface area contributed by atoms with Gasteiger partial charge < -0.3 is 5.11 Å². The van der Waals surface area contributed by atoms with Crippen LogP contribution in [0.15, 0.2) is 33.2 Å². The van der Waals surface area contributed by atoms with Crippen LogP contribution in [-0.2, 0) is 16.6 Å². The average Bonchev–Trinajstić information content (AvgIpc) is 2.42. The molecule has 0 aromatic heterocycles. The third-order valence-electron chi connectivity index (χ3n) is 3.56.